The maximum absolute atomic E-state index is 12.7. The van der Waals surface area contributed by atoms with Crippen LogP contribution in [0.2, 0.25) is 0 Å². The molecular formula is C14H13FO4. The first-order valence-electron chi connectivity index (χ1n) is 5.78. The van der Waals surface area contributed by atoms with Gasteiger partial charge in [0.15, 0.2) is 0 Å². The molecule has 0 aliphatic carbocycles. The van der Waals surface area contributed by atoms with Gasteiger partial charge in [-0.2, -0.15) is 0 Å². The van der Waals surface area contributed by atoms with Crippen molar-refractivity contribution in [2.45, 2.75) is 6.42 Å². The van der Waals surface area contributed by atoms with Gasteiger partial charge in [-0.25, -0.2) is 4.39 Å². The second-order valence-electron chi connectivity index (χ2n) is 4.08. The lowest BCUT2D eigenvalue weighted by molar-refractivity contribution is -0.142. The zero-order valence-corrected chi connectivity index (χ0v) is 10.1. The van der Waals surface area contributed by atoms with E-state index in [1.807, 2.05) is 0 Å². The highest BCUT2D eigenvalue weighted by molar-refractivity contribution is 5.70. The number of halogens is 1. The second kappa shape index (κ2) is 6.04. The van der Waals surface area contributed by atoms with Crippen LogP contribution in [-0.2, 0) is 11.2 Å². The van der Waals surface area contributed by atoms with E-state index < -0.39 is 11.9 Å². The van der Waals surface area contributed by atoms with Gasteiger partial charge in [-0.1, -0.05) is 0 Å². The molecule has 100 valence electrons. The Kier molecular flexibility index (Phi) is 4.18. The van der Waals surface area contributed by atoms with Gasteiger partial charge in [0.25, 0.3) is 0 Å². The number of carboxylic acids is 1. The number of rotatable bonds is 6. The summed E-state index contributed by atoms with van der Waals surface area (Å²) >= 11 is 0. The second-order valence-corrected chi connectivity index (χ2v) is 4.08. The molecule has 19 heavy (non-hydrogen) atoms. The predicted molar refractivity (Wildman–Crippen MR) is 65.4 cm³/mol. The summed E-state index contributed by atoms with van der Waals surface area (Å²) in [7, 11) is 0. The van der Waals surface area contributed by atoms with Gasteiger partial charge in [0.05, 0.1) is 12.2 Å². The van der Waals surface area contributed by atoms with Gasteiger partial charge in [-0.05, 0) is 36.4 Å². The fourth-order valence-electron chi connectivity index (χ4n) is 1.62. The monoisotopic (exact) mass is 264 g/mol. The first kappa shape index (κ1) is 13.1. The molecule has 0 saturated heterocycles. The molecule has 1 aromatic heterocycles. The fraction of sp³-hybridized carbons (Fsp3) is 0.214. The normalized spacial score (nSPS) is 12.1. The third kappa shape index (κ3) is 3.84. The van der Waals surface area contributed by atoms with Gasteiger partial charge in [-0.3, -0.25) is 4.79 Å². The Hall–Kier alpha value is -2.30. The number of carbonyl (C=O) groups is 1. The summed E-state index contributed by atoms with van der Waals surface area (Å²) < 4.78 is 23.2. The molecule has 4 nitrogen and oxygen atoms in total. The van der Waals surface area contributed by atoms with Crippen molar-refractivity contribution in [1.82, 2.24) is 0 Å². The van der Waals surface area contributed by atoms with E-state index in [4.69, 9.17) is 14.3 Å². The number of furan rings is 1. The van der Waals surface area contributed by atoms with Crippen LogP contribution in [0.4, 0.5) is 4.39 Å². The molecule has 0 bridgehead atoms. The number of hydrogen-bond acceptors (Lipinski definition) is 3. The van der Waals surface area contributed by atoms with Crippen molar-refractivity contribution in [2.24, 2.45) is 5.92 Å². The minimum Gasteiger partial charge on any atom is -0.493 e. The third-order valence-electron chi connectivity index (χ3n) is 2.64. The molecule has 0 aliphatic heterocycles. The van der Waals surface area contributed by atoms with E-state index in [9.17, 15) is 9.18 Å². The van der Waals surface area contributed by atoms with Gasteiger partial charge in [-0.15, -0.1) is 0 Å². The average Bonchev–Trinajstić information content (AvgIpc) is 2.89. The smallest absolute Gasteiger partial charge is 0.310 e. The Balaban J connectivity index is 1.93. The highest BCUT2D eigenvalue weighted by Gasteiger charge is 2.20. The van der Waals surface area contributed by atoms with Gasteiger partial charge in [0, 0.05) is 6.42 Å². The molecule has 1 unspecified atom stereocenters. The minimum absolute atomic E-state index is 0.00165. The summed E-state index contributed by atoms with van der Waals surface area (Å²) in [6, 6.07) is 8.86. The lowest BCUT2D eigenvalue weighted by atomic mass is 10.1. The SMILES string of the molecule is O=C(O)C(COc1ccc(F)cc1)Cc1ccco1. The largest absolute Gasteiger partial charge is 0.493 e. The van der Waals surface area contributed by atoms with Gasteiger partial charge in [0.2, 0.25) is 0 Å². The van der Waals surface area contributed by atoms with Crippen molar-refractivity contribution in [3.63, 3.8) is 0 Å². The summed E-state index contributed by atoms with van der Waals surface area (Å²) in [5, 5.41) is 9.11. The lowest BCUT2D eigenvalue weighted by Crippen LogP contribution is -2.23. The fourth-order valence-corrected chi connectivity index (χ4v) is 1.62. The molecule has 0 aliphatic rings. The topological polar surface area (TPSA) is 59.7 Å². The molecule has 1 heterocycles. The summed E-state index contributed by atoms with van der Waals surface area (Å²) in [6.45, 7) is 0.00165. The van der Waals surface area contributed by atoms with E-state index in [0.717, 1.165) is 0 Å². The van der Waals surface area contributed by atoms with E-state index >= 15 is 0 Å². The zero-order valence-electron chi connectivity index (χ0n) is 10.1. The van der Waals surface area contributed by atoms with Crippen LogP contribution in [0.5, 0.6) is 5.75 Å². The highest BCUT2D eigenvalue weighted by Crippen LogP contribution is 2.15. The van der Waals surface area contributed by atoms with E-state index in [1.165, 1.54) is 30.5 Å². The Morgan fingerprint density at radius 1 is 1.32 bits per heavy atom. The molecule has 5 heteroatoms. The highest BCUT2D eigenvalue weighted by atomic mass is 19.1. The van der Waals surface area contributed by atoms with E-state index in [1.54, 1.807) is 12.1 Å². The van der Waals surface area contributed by atoms with Gasteiger partial charge < -0.3 is 14.3 Å². The molecule has 0 radical (unpaired) electrons. The standard InChI is InChI=1S/C14H13FO4/c15-11-3-5-12(6-4-11)19-9-10(14(16)17)8-13-2-1-7-18-13/h1-7,10H,8-9H2,(H,16,17). The number of hydrogen-bond donors (Lipinski definition) is 1. The molecular weight excluding hydrogens is 251 g/mol. The quantitative estimate of drug-likeness (QED) is 0.871. The molecule has 2 rings (SSSR count). The predicted octanol–water partition coefficient (Wildman–Crippen LogP) is 2.74. The molecule has 0 saturated carbocycles. The zero-order chi connectivity index (χ0) is 13.7. The molecule has 1 atom stereocenters. The molecule has 1 N–H and O–H groups in total. The van der Waals surface area contributed by atoms with Crippen LogP contribution >= 0.6 is 0 Å². The third-order valence-corrected chi connectivity index (χ3v) is 2.64. The van der Waals surface area contributed by atoms with Crippen LogP contribution in [0, 0.1) is 11.7 Å². The average molecular weight is 264 g/mol. The Labute approximate surface area is 109 Å². The maximum Gasteiger partial charge on any atom is 0.310 e. The number of aliphatic carboxylic acids is 1. The first-order valence-corrected chi connectivity index (χ1v) is 5.78. The van der Waals surface area contributed by atoms with E-state index in [-0.39, 0.29) is 18.8 Å². The molecule has 1 aromatic carbocycles. The number of benzene rings is 1. The molecule has 0 fully saturated rings. The van der Waals surface area contributed by atoms with Crippen LogP contribution in [0.1, 0.15) is 5.76 Å². The minimum atomic E-state index is -0.960. The van der Waals surface area contributed by atoms with Gasteiger partial charge >= 0.3 is 5.97 Å². The number of carboxylic acid groups (broad SMARTS) is 1. The van der Waals surface area contributed by atoms with Gasteiger partial charge in [0.1, 0.15) is 23.9 Å². The van der Waals surface area contributed by atoms with Crippen LogP contribution in [0.25, 0.3) is 0 Å². The Morgan fingerprint density at radius 2 is 2.05 bits per heavy atom. The van der Waals surface area contributed by atoms with E-state index in [2.05, 4.69) is 0 Å². The molecule has 0 amide bonds. The lowest BCUT2D eigenvalue weighted by Gasteiger charge is -2.12. The van der Waals surface area contributed by atoms with Crippen molar-refractivity contribution < 1.29 is 23.4 Å². The van der Waals surface area contributed by atoms with E-state index in [0.29, 0.717) is 11.5 Å². The van der Waals surface area contributed by atoms with Crippen molar-refractivity contribution in [3.05, 3.63) is 54.2 Å². The Morgan fingerprint density at radius 3 is 2.63 bits per heavy atom. The van der Waals surface area contributed by atoms with Crippen LogP contribution < -0.4 is 4.74 Å². The van der Waals surface area contributed by atoms with Crippen molar-refractivity contribution in [1.29, 1.82) is 0 Å². The van der Waals surface area contributed by atoms with Crippen LogP contribution in [-0.4, -0.2) is 17.7 Å². The Bertz CT molecular complexity index is 519. The number of ether oxygens (including phenoxy) is 1. The van der Waals surface area contributed by atoms with Crippen molar-refractivity contribution in [3.8, 4) is 5.75 Å². The molecule has 2 aromatic rings. The summed E-state index contributed by atoms with van der Waals surface area (Å²) in [5.74, 6) is -1.00. The summed E-state index contributed by atoms with van der Waals surface area (Å²) in [4.78, 5) is 11.1. The summed E-state index contributed by atoms with van der Waals surface area (Å²) in [6.07, 6.45) is 1.75. The maximum atomic E-state index is 12.7. The van der Waals surface area contributed by atoms with Crippen molar-refractivity contribution in [2.75, 3.05) is 6.61 Å². The van der Waals surface area contributed by atoms with Crippen LogP contribution in [0.15, 0.2) is 47.1 Å². The first-order chi connectivity index (χ1) is 9.15. The molecule has 0 spiro atoms. The summed E-state index contributed by atoms with van der Waals surface area (Å²) in [5.41, 5.74) is 0. The van der Waals surface area contributed by atoms with Crippen molar-refractivity contribution >= 4 is 5.97 Å². The van der Waals surface area contributed by atoms with Crippen LogP contribution in [0.3, 0.4) is 0 Å².